The van der Waals surface area contributed by atoms with Crippen molar-refractivity contribution in [2.24, 2.45) is 0 Å². The Morgan fingerprint density at radius 3 is 3.36 bits per heavy atom. The van der Waals surface area contributed by atoms with Crippen LogP contribution in [-0.4, -0.2) is 9.97 Å². The first-order valence-electron chi connectivity index (χ1n) is 4.12. The summed E-state index contributed by atoms with van der Waals surface area (Å²) in [7, 11) is 0. The van der Waals surface area contributed by atoms with Gasteiger partial charge in [-0.15, -0.1) is 4.98 Å². The van der Waals surface area contributed by atoms with Crippen LogP contribution < -0.4 is 9.96 Å². The predicted octanol–water partition coefficient (Wildman–Crippen LogP) is 0.723. The molecular weight excluding hydrogens is 198 g/mol. The summed E-state index contributed by atoms with van der Waals surface area (Å²) in [5.74, 6) is 0. The summed E-state index contributed by atoms with van der Waals surface area (Å²) in [6.07, 6.45) is 3.58. The lowest BCUT2D eigenvalue weighted by molar-refractivity contribution is -0.482. The van der Waals surface area contributed by atoms with Crippen LogP contribution in [0.3, 0.4) is 0 Å². The van der Waals surface area contributed by atoms with Crippen molar-refractivity contribution in [1.82, 2.24) is 9.97 Å². The summed E-state index contributed by atoms with van der Waals surface area (Å²) in [6.45, 7) is 0. The van der Waals surface area contributed by atoms with E-state index in [0.29, 0.717) is 11.0 Å². The zero-order valence-corrected chi connectivity index (χ0v) is 7.91. The number of nitrogens with zero attached hydrogens (tertiary/aromatic N) is 2. The third-order valence-corrected chi connectivity index (χ3v) is 2.87. The Kier molecular flexibility index (Phi) is 1.43. The number of H-pyrrole nitrogens is 1. The van der Waals surface area contributed by atoms with E-state index in [2.05, 4.69) is 9.97 Å². The van der Waals surface area contributed by atoms with Gasteiger partial charge in [0, 0.05) is 5.38 Å². The van der Waals surface area contributed by atoms with Gasteiger partial charge < -0.3 is 0 Å². The lowest BCUT2D eigenvalue weighted by atomic mass is 10.3. The van der Waals surface area contributed by atoms with Crippen LogP contribution in [0.15, 0.2) is 34.7 Å². The normalized spacial score (nSPS) is 11.1. The van der Waals surface area contributed by atoms with Crippen LogP contribution >= 0.6 is 11.3 Å². The van der Waals surface area contributed by atoms with Gasteiger partial charge in [-0.2, -0.15) is 4.40 Å². The minimum absolute atomic E-state index is 0.0875. The molecule has 0 aliphatic heterocycles. The number of aromatic amines is 1. The standard InChI is InChI=1S/C9H5N3OS/c13-8-6-2-1-3-10-7(6)12-4-5-14-9(12)11-8/h1-5H/p+1. The van der Waals surface area contributed by atoms with Gasteiger partial charge in [-0.25, -0.2) is 4.98 Å². The first kappa shape index (κ1) is 7.64. The number of hydrogen-bond acceptors (Lipinski definition) is 3. The van der Waals surface area contributed by atoms with Crippen LogP contribution in [0.1, 0.15) is 0 Å². The molecule has 0 aliphatic carbocycles. The number of rotatable bonds is 0. The van der Waals surface area contributed by atoms with Gasteiger partial charge in [-0.3, -0.25) is 4.79 Å². The molecule has 3 aromatic rings. The summed E-state index contributed by atoms with van der Waals surface area (Å²) in [4.78, 5) is 19.4. The molecule has 4 nitrogen and oxygen atoms in total. The van der Waals surface area contributed by atoms with E-state index in [0.717, 1.165) is 4.96 Å². The molecule has 0 unspecified atom stereocenters. The van der Waals surface area contributed by atoms with E-state index in [9.17, 15) is 4.79 Å². The first-order chi connectivity index (χ1) is 6.86. The van der Waals surface area contributed by atoms with E-state index in [1.165, 1.54) is 11.3 Å². The molecule has 0 saturated heterocycles. The van der Waals surface area contributed by atoms with Crippen LogP contribution in [0.2, 0.25) is 0 Å². The zero-order valence-electron chi connectivity index (χ0n) is 7.10. The Bertz CT molecular complexity index is 670. The highest BCUT2D eigenvalue weighted by Crippen LogP contribution is 2.05. The second kappa shape index (κ2) is 2.62. The monoisotopic (exact) mass is 204 g/mol. The fraction of sp³-hybridized carbons (Fsp3) is 0. The Hall–Kier alpha value is -1.75. The molecule has 0 spiro atoms. The highest BCUT2D eigenvalue weighted by molar-refractivity contribution is 7.14. The Morgan fingerprint density at radius 2 is 2.43 bits per heavy atom. The van der Waals surface area contributed by atoms with Crippen molar-refractivity contribution >= 4 is 27.3 Å². The number of thiazole rings is 1. The van der Waals surface area contributed by atoms with Crippen LogP contribution in [0, 0.1) is 0 Å². The lowest BCUT2D eigenvalue weighted by Crippen LogP contribution is -2.26. The largest absolute Gasteiger partial charge is 0.319 e. The van der Waals surface area contributed by atoms with Crippen molar-refractivity contribution in [3.8, 4) is 0 Å². The summed E-state index contributed by atoms with van der Waals surface area (Å²) in [5, 5.41) is 2.53. The molecule has 3 aromatic heterocycles. The number of fused-ring (bicyclic) bond motifs is 3. The average Bonchev–Trinajstić information content (AvgIpc) is 2.66. The molecule has 5 heteroatoms. The maximum atomic E-state index is 11.6. The lowest BCUT2D eigenvalue weighted by Gasteiger charge is -1.90. The quantitative estimate of drug-likeness (QED) is 0.549. The van der Waals surface area contributed by atoms with Crippen LogP contribution in [0.5, 0.6) is 0 Å². The van der Waals surface area contributed by atoms with Crippen LogP contribution in [-0.2, 0) is 0 Å². The second-order valence-corrected chi connectivity index (χ2v) is 3.80. The molecule has 0 fully saturated rings. The highest BCUT2D eigenvalue weighted by Gasteiger charge is 2.11. The van der Waals surface area contributed by atoms with Gasteiger partial charge in [0.05, 0.1) is 6.20 Å². The van der Waals surface area contributed by atoms with Crippen molar-refractivity contribution in [3.63, 3.8) is 0 Å². The summed E-state index contributed by atoms with van der Waals surface area (Å²) in [6, 6.07) is 3.53. The molecule has 68 valence electrons. The van der Waals surface area contributed by atoms with E-state index < -0.39 is 0 Å². The third kappa shape index (κ3) is 0.898. The van der Waals surface area contributed by atoms with Crippen molar-refractivity contribution in [2.75, 3.05) is 0 Å². The molecule has 0 saturated carbocycles. The van der Waals surface area contributed by atoms with Crippen molar-refractivity contribution in [2.45, 2.75) is 0 Å². The van der Waals surface area contributed by atoms with Gasteiger partial charge >= 0.3 is 5.56 Å². The highest BCUT2D eigenvalue weighted by atomic mass is 32.1. The van der Waals surface area contributed by atoms with E-state index in [1.807, 2.05) is 16.0 Å². The minimum Gasteiger partial charge on any atom is -0.250 e. The van der Waals surface area contributed by atoms with Crippen LogP contribution in [0.4, 0.5) is 0 Å². The Morgan fingerprint density at radius 1 is 1.50 bits per heavy atom. The smallest absolute Gasteiger partial charge is 0.250 e. The van der Waals surface area contributed by atoms with Gasteiger partial charge in [-0.1, -0.05) is 11.3 Å². The molecule has 0 aliphatic rings. The molecule has 3 rings (SSSR count). The molecule has 0 bridgehead atoms. The fourth-order valence-electron chi connectivity index (χ4n) is 1.47. The SMILES string of the molecule is O=c1[nH]c2scc[n+]2c2ncccc12. The maximum absolute atomic E-state index is 11.6. The molecular formula is C9H6N3OS+. The fourth-order valence-corrected chi connectivity index (χ4v) is 2.19. The number of nitrogens with one attached hydrogen (secondary N) is 1. The van der Waals surface area contributed by atoms with Gasteiger partial charge in [0.15, 0.2) is 0 Å². The average molecular weight is 204 g/mol. The van der Waals surface area contributed by atoms with E-state index in [4.69, 9.17) is 0 Å². The molecule has 3 heterocycles. The Labute approximate surface area is 82.5 Å². The Balaban J connectivity index is 2.74. The molecule has 0 radical (unpaired) electrons. The van der Waals surface area contributed by atoms with Gasteiger partial charge in [0.25, 0.3) is 10.6 Å². The molecule has 0 atom stereocenters. The van der Waals surface area contributed by atoms with Crippen molar-refractivity contribution in [3.05, 3.63) is 40.3 Å². The van der Waals surface area contributed by atoms with Gasteiger partial charge in [0.2, 0.25) is 0 Å². The van der Waals surface area contributed by atoms with E-state index in [-0.39, 0.29) is 5.56 Å². The minimum atomic E-state index is -0.0875. The molecule has 0 aromatic carbocycles. The van der Waals surface area contributed by atoms with E-state index >= 15 is 0 Å². The molecule has 1 N–H and O–H groups in total. The molecule has 14 heavy (non-hydrogen) atoms. The van der Waals surface area contributed by atoms with Gasteiger partial charge in [-0.05, 0) is 12.1 Å². The number of hydrogen-bond donors (Lipinski definition) is 1. The van der Waals surface area contributed by atoms with Crippen LogP contribution in [0.25, 0.3) is 16.0 Å². The first-order valence-corrected chi connectivity index (χ1v) is 5.00. The van der Waals surface area contributed by atoms with E-state index in [1.54, 1.807) is 18.3 Å². The predicted molar refractivity (Wildman–Crippen MR) is 53.4 cm³/mol. The number of aromatic nitrogens is 3. The van der Waals surface area contributed by atoms with Gasteiger partial charge in [0.1, 0.15) is 11.6 Å². The third-order valence-electron chi connectivity index (χ3n) is 2.09. The van der Waals surface area contributed by atoms with Crippen molar-refractivity contribution < 1.29 is 4.40 Å². The summed E-state index contributed by atoms with van der Waals surface area (Å²) < 4.78 is 1.88. The maximum Gasteiger partial charge on any atom is 0.319 e. The summed E-state index contributed by atoms with van der Waals surface area (Å²) in [5.41, 5.74) is 0.614. The molecule has 0 amide bonds. The number of pyridine rings is 1. The van der Waals surface area contributed by atoms with Crippen molar-refractivity contribution in [1.29, 1.82) is 0 Å². The summed E-state index contributed by atoms with van der Waals surface area (Å²) >= 11 is 1.48. The zero-order chi connectivity index (χ0) is 9.54. The topological polar surface area (TPSA) is 49.9 Å². The second-order valence-electron chi connectivity index (χ2n) is 2.91.